The number of hydrogen-bond acceptors (Lipinski definition) is 3. The molecule has 0 N–H and O–H groups in total. The minimum atomic E-state index is -0.251. The molecule has 0 unspecified atom stereocenters. The molecule has 17 heavy (non-hydrogen) atoms. The average molecular weight is 273 g/mol. The fraction of sp³-hybridized carbons (Fsp3) is 0.846. The monoisotopic (exact) mass is 273 g/mol. The number of piperidine rings is 1. The van der Waals surface area contributed by atoms with Gasteiger partial charge in [-0.3, -0.25) is 4.79 Å². The van der Waals surface area contributed by atoms with E-state index in [-0.39, 0.29) is 11.2 Å². The van der Waals surface area contributed by atoms with Crippen molar-refractivity contribution in [1.82, 2.24) is 4.90 Å². The first-order valence-corrected chi connectivity index (χ1v) is 7.65. The molecule has 1 fully saturated rings. The molecular formula is C13H23NOS2. The number of hydrogen-bond donors (Lipinski definition) is 0. The lowest BCUT2D eigenvalue weighted by Gasteiger charge is -2.32. The van der Waals surface area contributed by atoms with Crippen molar-refractivity contribution in [2.24, 2.45) is 11.3 Å². The van der Waals surface area contributed by atoms with E-state index in [9.17, 15) is 4.79 Å². The maximum Gasteiger partial charge on any atom is 0.148 e. The summed E-state index contributed by atoms with van der Waals surface area (Å²) in [4.78, 5) is 14.1. The Morgan fingerprint density at radius 3 is 2.35 bits per heavy atom. The largest absolute Gasteiger partial charge is 0.357 e. The number of ketones is 1. The SMILES string of the molecule is CC1CCN(C(=S)SCC(=O)C(C)(C)C)CC1. The van der Waals surface area contributed by atoms with Crippen LogP contribution in [0.1, 0.15) is 40.5 Å². The van der Waals surface area contributed by atoms with Gasteiger partial charge in [0.15, 0.2) is 0 Å². The van der Waals surface area contributed by atoms with Gasteiger partial charge in [0.1, 0.15) is 10.1 Å². The van der Waals surface area contributed by atoms with Crippen molar-refractivity contribution in [3.8, 4) is 0 Å². The molecule has 0 aliphatic carbocycles. The summed E-state index contributed by atoms with van der Waals surface area (Å²) in [7, 11) is 0. The molecule has 2 nitrogen and oxygen atoms in total. The van der Waals surface area contributed by atoms with Crippen LogP contribution in [0.15, 0.2) is 0 Å². The van der Waals surface area contributed by atoms with E-state index in [0.717, 1.165) is 23.3 Å². The smallest absolute Gasteiger partial charge is 0.148 e. The van der Waals surface area contributed by atoms with E-state index in [1.807, 2.05) is 20.8 Å². The average Bonchev–Trinajstić information content (AvgIpc) is 2.25. The second kappa shape index (κ2) is 6.19. The molecule has 0 amide bonds. The lowest BCUT2D eigenvalue weighted by molar-refractivity contribution is -0.123. The van der Waals surface area contributed by atoms with Crippen LogP contribution in [0.4, 0.5) is 0 Å². The lowest BCUT2D eigenvalue weighted by Crippen LogP contribution is -2.36. The Kier molecular flexibility index (Phi) is 5.45. The summed E-state index contributed by atoms with van der Waals surface area (Å²) in [6, 6.07) is 0. The zero-order valence-electron chi connectivity index (χ0n) is 11.3. The molecule has 1 saturated heterocycles. The van der Waals surface area contributed by atoms with Crippen molar-refractivity contribution in [2.45, 2.75) is 40.5 Å². The van der Waals surface area contributed by atoms with Crippen molar-refractivity contribution in [3.05, 3.63) is 0 Å². The fourth-order valence-electron chi connectivity index (χ4n) is 1.63. The van der Waals surface area contributed by atoms with Crippen LogP contribution in [0.25, 0.3) is 0 Å². The molecule has 0 spiro atoms. The van der Waals surface area contributed by atoms with E-state index in [1.54, 1.807) is 0 Å². The minimum Gasteiger partial charge on any atom is -0.357 e. The predicted molar refractivity (Wildman–Crippen MR) is 79.5 cm³/mol. The number of Topliss-reactive ketones (excluding diaryl/α,β-unsaturated/α-hetero) is 1. The van der Waals surface area contributed by atoms with Crippen LogP contribution in [0.3, 0.4) is 0 Å². The summed E-state index contributed by atoms with van der Waals surface area (Å²) in [5.74, 6) is 1.60. The summed E-state index contributed by atoms with van der Waals surface area (Å²) in [6.07, 6.45) is 2.43. The maximum absolute atomic E-state index is 11.8. The molecule has 1 heterocycles. The van der Waals surface area contributed by atoms with Gasteiger partial charge in [-0.25, -0.2) is 0 Å². The van der Waals surface area contributed by atoms with Gasteiger partial charge in [0.2, 0.25) is 0 Å². The van der Waals surface area contributed by atoms with E-state index in [0.29, 0.717) is 5.75 Å². The molecule has 0 bridgehead atoms. The van der Waals surface area contributed by atoms with Gasteiger partial charge in [-0.2, -0.15) is 0 Å². The second-order valence-electron chi connectivity index (χ2n) is 5.90. The van der Waals surface area contributed by atoms with Gasteiger partial charge in [0.05, 0.1) is 5.75 Å². The van der Waals surface area contributed by atoms with Gasteiger partial charge in [-0.15, -0.1) is 0 Å². The molecule has 1 aliphatic rings. The van der Waals surface area contributed by atoms with E-state index < -0.39 is 0 Å². The van der Waals surface area contributed by atoms with Crippen LogP contribution in [-0.2, 0) is 4.79 Å². The Labute approximate surface area is 115 Å². The summed E-state index contributed by atoms with van der Waals surface area (Å²) in [6.45, 7) is 10.3. The summed E-state index contributed by atoms with van der Waals surface area (Å²) >= 11 is 6.92. The maximum atomic E-state index is 11.8. The van der Waals surface area contributed by atoms with E-state index in [2.05, 4.69) is 11.8 Å². The van der Waals surface area contributed by atoms with Gasteiger partial charge in [0, 0.05) is 18.5 Å². The standard InChI is InChI=1S/C13H23NOS2/c1-10-5-7-14(8-6-10)12(16)17-9-11(15)13(2,3)4/h10H,5-9H2,1-4H3. The first kappa shape index (κ1) is 15.0. The van der Waals surface area contributed by atoms with E-state index in [4.69, 9.17) is 12.2 Å². The molecule has 98 valence electrons. The number of thioether (sulfide) groups is 1. The number of thiocarbonyl (C=S) groups is 1. The number of rotatable bonds is 2. The minimum absolute atomic E-state index is 0.251. The van der Waals surface area contributed by atoms with Crippen LogP contribution in [-0.4, -0.2) is 33.8 Å². The highest BCUT2D eigenvalue weighted by molar-refractivity contribution is 8.23. The third kappa shape index (κ3) is 4.96. The highest BCUT2D eigenvalue weighted by Crippen LogP contribution is 2.22. The molecule has 4 heteroatoms. The van der Waals surface area contributed by atoms with Crippen molar-refractivity contribution < 1.29 is 4.79 Å². The van der Waals surface area contributed by atoms with Gasteiger partial charge in [-0.05, 0) is 18.8 Å². The quantitative estimate of drug-likeness (QED) is 0.719. The van der Waals surface area contributed by atoms with Crippen LogP contribution in [0.2, 0.25) is 0 Å². The third-order valence-corrected chi connectivity index (χ3v) is 4.73. The molecule has 0 aromatic carbocycles. The number of nitrogens with zero attached hydrogens (tertiary/aromatic N) is 1. The summed E-state index contributed by atoms with van der Waals surface area (Å²) in [5.41, 5.74) is -0.251. The molecule has 0 aromatic heterocycles. The molecule has 0 aromatic rings. The molecule has 0 atom stereocenters. The third-order valence-electron chi connectivity index (χ3n) is 3.21. The molecule has 1 aliphatic heterocycles. The van der Waals surface area contributed by atoms with Gasteiger partial charge in [-0.1, -0.05) is 51.7 Å². The molecule has 0 saturated carbocycles. The Morgan fingerprint density at radius 2 is 1.88 bits per heavy atom. The van der Waals surface area contributed by atoms with Crippen LogP contribution < -0.4 is 0 Å². The molecular weight excluding hydrogens is 250 g/mol. The Morgan fingerprint density at radius 1 is 1.35 bits per heavy atom. The van der Waals surface area contributed by atoms with Crippen molar-refractivity contribution in [1.29, 1.82) is 0 Å². The zero-order valence-corrected chi connectivity index (χ0v) is 12.9. The topological polar surface area (TPSA) is 20.3 Å². The van der Waals surface area contributed by atoms with Crippen molar-refractivity contribution in [2.75, 3.05) is 18.8 Å². The first-order chi connectivity index (χ1) is 7.80. The number of carbonyl (C=O) groups excluding carboxylic acids is 1. The van der Waals surface area contributed by atoms with Gasteiger partial charge >= 0.3 is 0 Å². The Hall–Kier alpha value is -0.0900. The Bertz CT molecular complexity index is 288. The van der Waals surface area contributed by atoms with Crippen LogP contribution >= 0.6 is 24.0 Å². The zero-order chi connectivity index (χ0) is 13.1. The van der Waals surface area contributed by atoms with E-state index >= 15 is 0 Å². The lowest BCUT2D eigenvalue weighted by atomic mass is 9.92. The van der Waals surface area contributed by atoms with Crippen LogP contribution in [0, 0.1) is 11.3 Å². The van der Waals surface area contributed by atoms with Crippen molar-refractivity contribution >= 4 is 34.1 Å². The predicted octanol–water partition coefficient (Wildman–Crippen LogP) is 3.35. The highest BCUT2D eigenvalue weighted by Gasteiger charge is 2.23. The molecule has 1 rings (SSSR count). The number of likely N-dealkylation sites (tertiary alicyclic amines) is 1. The Balaban J connectivity index is 2.33. The summed E-state index contributed by atoms with van der Waals surface area (Å²) in [5, 5.41) is 0. The normalized spacial score (nSPS) is 18.2. The fourth-order valence-corrected chi connectivity index (χ4v) is 3.04. The van der Waals surface area contributed by atoms with Crippen molar-refractivity contribution in [3.63, 3.8) is 0 Å². The first-order valence-electron chi connectivity index (χ1n) is 6.25. The second-order valence-corrected chi connectivity index (χ2v) is 7.51. The summed E-state index contributed by atoms with van der Waals surface area (Å²) < 4.78 is 0.898. The number of carbonyl (C=O) groups is 1. The molecule has 0 radical (unpaired) electrons. The van der Waals surface area contributed by atoms with Crippen LogP contribution in [0.5, 0.6) is 0 Å². The van der Waals surface area contributed by atoms with E-state index in [1.165, 1.54) is 24.6 Å². The van der Waals surface area contributed by atoms with Gasteiger partial charge in [0.25, 0.3) is 0 Å². The van der Waals surface area contributed by atoms with Gasteiger partial charge < -0.3 is 4.90 Å². The highest BCUT2D eigenvalue weighted by atomic mass is 32.2.